The van der Waals surface area contributed by atoms with E-state index < -0.39 is 5.60 Å². The van der Waals surface area contributed by atoms with Crippen molar-refractivity contribution in [3.05, 3.63) is 70.4 Å². The molecule has 5 nitrogen and oxygen atoms in total. The van der Waals surface area contributed by atoms with Crippen LogP contribution in [0.1, 0.15) is 29.1 Å². The zero-order valence-corrected chi connectivity index (χ0v) is 16.6. The molecular formula is C20H22ClN3O2S. The van der Waals surface area contributed by atoms with Gasteiger partial charge in [0.05, 0.1) is 0 Å². The predicted octanol–water partition coefficient (Wildman–Crippen LogP) is 3.82. The normalized spacial score (nSPS) is 22.2. The molecule has 4 rings (SSSR count). The summed E-state index contributed by atoms with van der Waals surface area (Å²) in [4.78, 5) is 17.2. The molecule has 3 aromatic rings. The van der Waals surface area contributed by atoms with Crippen molar-refractivity contribution in [3.8, 4) is 5.69 Å². The van der Waals surface area contributed by atoms with Crippen LogP contribution >= 0.6 is 23.7 Å². The van der Waals surface area contributed by atoms with Gasteiger partial charge in [0.25, 0.3) is 0 Å². The van der Waals surface area contributed by atoms with Gasteiger partial charge in [-0.25, -0.2) is 4.98 Å². The highest BCUT2D eigenvalue weighted by Crippen LogP contribution is 2.45. The number of aryl methyl sites for hydroxylation is 1. The summed E-state index contributed by atoms with van der Waals surface area (Å²) in [6.07, 6.45) is 4.98. The van der Waals surface area contributed by atoms with E-state index in [1.165, 1.54) is 0 Å². The maximum Gasteiger partial charge on any atom is 0.220 e. The third kappa shape index (κ3) is 3.52. The van der Waals surface area contributed by atoms with Crippen molar-refractivity contribution in [2.24, 2.45) is 11.7 Å². The lowest BCUT2D eigenvalue weighted by molar-refractivity contribution is -0.132. The number of carbonyl (C=O) groups is 1. The quantitative estimate of drug-likeness (QED) is 0.719. The molecule has 2 N–H and O–H groups in total. The average molecular weight is 404 g/mol. The minimum Gasteiger partial charge on any atom is -0.369 e. The van der Waals surface area contributed by atoms with Crippen molar-refractivity contribution in [2.75, 3.05) is 6.61 Å². The van der Waals surface area contributed by atoms with Crippen molar-refractivity contribution in [3.63, 3.8) is 0 Å². The minimum absolute atomic E-state index is 0. The van der Waals surface area contributed by atoms with E-state index in [0.29, 0.717) is 19.4 Å². The number of nitrogens with zero attached hydrogens (tertiary/aromatic N) is 2. The third-order valence-electron chi connectivity index (χ3n) is 5.11. The Balaban J connectivity index is 0.00000210. The molecule has 27 heavy (non-hydrogen) atoms. The Bertz CT molecular complexity index is 908. The lowest BCUT2D eigenvalue weighted by Gasteiger charge is -2.40. The van der Waals surface area contributed by atoms with Gasteiger partial charge in [-0.1, -0.05) is 18.2 Å². The van der Waals surface area contributed by atoms with Crippen molar-refractivity contribution in [1.29, 1.82) is 0 Å². The predicted molar refractivity (Wildman–Crippen MR) is 109 cm³/mol. The summed E-state index contributed by atoms with van der Waals surface area (Å²) < 4.78 is 8.35. The summed E-state index contributed by atoms with van der Waals surface area (Å²) in [5.41, 5.74) is 7.10. The second-order valence-electron chi connectivity index (χ2n) is 6.64. The summed E-state index contributed by atoms with van der Waals surface area (Å²) in [5, 5.41) is 2.04. The van der Waals surface area contributed by atoms with Gasteiger partial charge in [-0.05, 0) is 48.9 Å². The van der Waals surface area contributed by atoms with Crippen LogP contribution in [-0.2, 0) is 15.1 Å². The molecule has 0 bridgehead atoms. The fourth-order valence-corrected chi connectivity index (χ4v) is 4.60. The Kier molecular flexibility index (Phi) is 5.69. The van der Waals surface area contributed by atoms with Gasteiger partial charge in [0, 0.05) is 35.5 Å². The highest BCUT2D eigenvalue weighted by Gasteiger charge is 2.43. The number of imidazole rings is 1. The topological polar surface area (TPSA) is 70.1 Å². The number of carbonyl (C=O) groups excluding carboxylic acids is 1. The van der Waals surface area contributed by atoms with Gasteiger partial charge >= 0.3 is 0 Å². The Morgan fingerprint density at radius 3 is 2.70 bits per heavy atom. The third-order valence-corrected chi connectivity index (χ3v) is 6.12. The van der Waals surface area contributed by atoms with Crippen LogP contribution in [0.15, 0.2) is 54.2 Å². The second-order valence-corrected chi connectivity index (χ2v) is 7.58. The van der Waals surface area contributed by atoms with Gasteiger partial charge < -0.3 is 15.0 Å². The molecule has 1 aliphatic heterocycles. The number of halogens is 1. The fraction of sp³-hybridized carbons (Fsp3) is 0.300. The van der Waals surface area contributed by atoms with Gasteiger partial charge in [0.15, 0.2) is 0 Å². The van der Waals surface area contributed by atoms with Gasteiger partial charge in [-0.2, -0.15) is 0 Å². The summed E-state index contributed by atoms with van der Waals surface area (Å²) in [7, 11) is 0. The van der Waals surface area contributed by atoms with E-state index in [4.69, 9.17) is 10.5 Å². The van der Waals surface area contributed by atoms with Crippen LogP contribution in [0.5, 0.6) is 0 Å². The molecule has 1 aromatic carbocycles. The van der Waals surface area contributed by atoms with Crippen LogP contribution < -0.4 is 5.73 Å². The molecule has 2 aromatic heterocycles. The first-order chi connectivity index (χ1) is 12.6. The molecule has 2 unspecified atom stereocenters. The Morgan fingerprint density at radius 1 is 1.33 bits per heavy atom. The van der Waals surface area contributed by atoms with E-state index >= 15 is 0 Å². The van der Waals surface area contributed by atoms with E-state index in [1.807, 2.05) is 29.1 Å². The van der Waals surface area contributed by atoms with Crippen LogP contribution in [0.4, 0.5) is 0 Å². The van der Waals surface area contributed by atoms with Crippen molar-refractivity contribution in [2.45, 2.75) is 25.4 Å². The minimum atomic E-state index is -0.616. The molecule has 0 spiro atoms. The van der Waals surface area contributed by atoms with Crippen molar-refractivity contribution >= 4 is 29.7 Å². The standard InChI is InChI=1S/C20H21N3O2S.ClH/c1-14-22-9-10-23(14)17-6-4-16(5-7-17)20(18-3-2-12-26-18)13-15(19(21)24)8-11-25-20;/h2-7,9-10,12,15H,8,11,13H2,1H3,(H2,21,24);1H. The summed E-state index contributed by atoms with van der Waals surface area (Å²) >= 11 is 1.65. The van der Waals surface area contributed by atoms with Gasteiger partial charge in [0.1, 0.15) is 11.4 Å². The molecule has 1 fully saturated rings. The van der Waals surface area contributed by atoms with Crippen molar-refractivity contribution in [1.82, 2.24) is 9.55 Å². The Labute approximate surface area is 168 Å². The number of amides is 1. The highest BCUT2D eigenvalue weighted by atomic mass is 35.5. The Morgan fingerprint density at radius 2 is 2.11 bits per heavy atom. The molecular weight excluding hydrogens is 382 g/mol. The lowest BCUT2D eigenvalue weighted by Crippen LogP contribution is -2.42. The van der Waals surface area contributed by atoms with Gasteiger partial charge in [-0.15, -0.1) is 23.7 Å². The Hall–Kier alpha value is -2.15. The monoisotopic (exact) mass is 403 g/mol. The van der Waals surface area contributed by atoms with Gasteiger partial charge in [0.2, 0.25) is 5.91 Å². The number of hydrogen-bond donors (Lipinski definition) is 1. The number of aromatic nitrogens is 2. The molecule has 142 valence electrons. The SMILES string of the molecule is Cc1nccn1-c1ccc(C2(c3cccs3)CC(C(N)=O)CCO2)cc1.Cl. The van der Waals surface area contributed by atoms with Crippen molar-refractivity contribution < 1.29 is 9.53 Å². The molecule has 1 aliphatic rings. The number of nitrogens with two attached hydrogens (primary N) is 1. The molecule has 0 radical (unpaired) electrons. The molecule has 0 aliphatic carbocycles. The first kappa shape index (κ1) is 19.6. The highest BCUT2D eigenvalue weighted by molar-refractivity contribution is 7.10. The number of ether oxygens (including phenoxy) is 1. The smallest absolute Gasteiger partial charge is 0.220 e. The van der Waals surface area contributed by atoms with E-state index in [1.54, 1.807) is 17.5 Å². The van der Waals surface area contributed by atoms with Crippen LogP contribution in [0.3, 0.4) is 0 Å². The summed E-state index contributed by atoms with van der Waals surface area (Å²) in [5.74, 6) is 0.509. The zero-order valence-electron chi connectivity index (χ0n) is 15.0. The molecule has 1 amide bonds. The summed E-state index contributed by atoms with van der Waals surface area (Å²) in [6, 6.07) is 12.4. The number of hydrogen-bond acceptors (Lipinski definition) is 4. The molecule has 1 saturated heterocycles. The van der Waals surface area contributed by atoms with Crippen LogP contribution in [-0.4, -0.2) is 22.1 Å². The number of benzene rings is 1. The van der Waals surface area contributed by atoms with E-state index in [-0.39, 0.29) is 24.2 Å². The van der Waals surface area contributed by atoms with E-state index in [9.17, 15) is 4.79 Å². The maximum absolute atomic E-state index is 11.8. The molecule has 7 heteroatoms. The summed E-state index contributed by atoms with van der Waals surface area (Å²) in [6.45, 7) is 2.50. The van der Waals surface area contributed by atoms with Crippen LogP contribution in [0, 0.1) is 12.8 Å². The van der Waals surface area contributed by atoms with E-state index in [0.717, 1.165) is 22.0 Å². The van der Waals surface area contributed by atoms with Gasteiger partial charge in [-0.3, -0.25) is 4.79 Å². The lowest BCUT2D eigenvalue weighted by atomic mass is 9.79. The fourth-order valence-electron chi connectivity index (χ4n) is 3.69. The average Bonchev–Trinajstić information content (AvgIpc) is 3.34. The van der Waals surface area contributed by atoms with Crippen LogP contribution in [0.25, 0.3) is 5.69 Å². The molecule has 3 heterocycles. The number of primary amides is 1. The number of rotatable bonds is 4. The van der Waals surface area contributed by atoms with Crippen LogP contribution in [0.2, 0.25) is 0 Å². The van der Waals surface area contributed by atoms with E-state index in [2.05, 4.69) is 35.3 Å². The maximum atomic E-state index is 11.8. The first-order valence-electron chi connectivity index (χ1n) is 8.68. The first-order valence-corrected chi connectivity index (χ1v) is 9.56. The molecule has 0 saturated carbocycles. The largest absolute Gasteiger partial charge is 0.369 e. The number of thiophene rings is 1. The second kappa shape index (κ2) is 7.84. The molecule has 2 atom stereocenters. The zero-order chi connectivity index (χ0) is 18.1.